The minimum absolute atomic E-state index is 0.0511. The summed E-state index contributed by atoms with van der Waals surface area (Å²) in [5, 5.41) is 15.0. The van der Waals surface area contributed by atoms with Gasteiger partial charge in [-0.1, -0.05) is 6.07 Å². The predicted molar refractivity (Wildman–Crippen MR) is 80.8 cm³/mol. The number of hydrogen-bond donors (Lipinski definition) is 2. The third-order valence-electron chi connectivity index (χ3n) is 3.43. The van der Waals surface area contributed by atoms with Crippen LogP contribution in [0.15, 0.2) is 30.5 Å². The zero-order valence-electron chi connectivity index (χ0n) is 13.3. The van der Waals surface area contributed by atoms with Crippen molar-refractivity contribution >= 4 is 17.7 Å². The van der Waals surface area contributed by atoms with Gasteiger partial charge in [0.15, 0.2) is 5.82 Å². The van der Waals surface area contributed by atoms with Gasteiger partial charge in [-0.15, -0.1) is 0 Å². The molecule has 0 aromatic carbocycles. The number of nitrogens with zero attached hydrogens (tertiary/aromatic N) is 3. The van der Waals surface area contributed by atoms with Crippen molar-refractivity contribution in [2.75, 3.05) is 5.32 Å². The van der Waals surface area contributed by atoms with Crippen molar-refractivity contribution in [3.8, 4) is 0 Å². The molecule has 134 valence electrons. The number of nitrogens with one attached hydrogen (secondary N) is 1. The van der Waals surface area contributed by atoms with Crippen LogP contribution in [0.1, 0.15) is 25.2 Å². The monoisotopic (exact) mass is 356 g/mol. The summed E-state index contributed by atoms with van der Waals surface area (Å²) in [6.45, 7) is 2.48. The van der Waals surface area contributed by atoms with E-state index in [1.54, 1.807) is 0 Å². The Kier molecular flexibility index (Phi) is 4.82. The van der Waals surface area contributed by atoms with Crippen molar-refractivity contribution in [1.29, 1.82) is 0 Å². The van der Waals surface area contributed by atoms with Crippen molar-refractivity contribution in [3.05, 3.63) is 41.9 Å². The Hall–Kier alpha value is -2.91. The number of rotatable bonds is 5. The molecule has 2 aromatic heterocycles. The van der Waals surface area contributed by atoms with E-state index in [4.69, 9.17) is 5.11 Å². The van der Waals surface area contributed by atoms with Crippen LogP contribution in [0.2, 0.25) is 0 Å². The fraction of sp³-hybridized carbons (Fsp3) is 0.333. The number of carbonyl (C=O) groups is 2. The number of carboxylic acid groups (broad SMARTS) is 1. The second kappa shape index (κ2) is 6.54. The highest BCUT2D eigenvalue weighted by Crippen LogP contribution is 2.30. The summed E-state index contributed by atoms with van der Waals surface area (Å²) < 4.78 is 39.5. The summed E-state index contributed by atoms with van der Waals surface area (Å²) in [4.78, 5) is 26.6. The van der Waals surface area contributed by atoms with Crippen LogP contribution in [-0.4, -0.2) is 31.7 Å². The number of alkyl halides is 3. The Morgan fingerprint density at radius 1 is 1.20 bits per heavy atom. The van der Waals surface area contributed by atoms with Crippen LogP contribution in [0.3, 0.4) is 0 Å². The van der Waals surface area contributed by atoms with Gasteiger partial charge < -0.3 is 10.4 Å². The zero-order valence-corrected chi connectivity index (χ0v) is 13.3. The second-order valence-corrected chi connectivity index (χ2v) is 5.78. The lowest BCUT2D eigenvalue weighted by molar-refractivity contribution is -0.141. The van der Waals surface area contributed by atoms with Crippen molar-refractivity contribution in [3.63, 3.8) is 0 Å². The first-order valence-electron chi connectivity index (χ1n) is 7.11. The molecule has 0 saturated carbocycles. The van der Waals surface area contributed by atoms with E-state index in [-0.39, 0.29) is 18.1 Å². The van der Waals surface area contributed by atoms with Crippen molar-refractivity contribution in [2.24, 2.45) is 0 Å². The SMILES string of the molecule is CC(C)(C(=O)Nc1ccn(CC(=O)O)n1)c1cccc(C(F)(F)F)n1. The van der Waals surface area contributed by atoms with Crippen molar-refractivity contribution in [2.45, 2.75) is 32.0 Å². The predicted octanol–water partition coefficient (Wildman–Crippen LogP) is 2.30. The largest absolute Gasteiger partial charge is 0.480 e. The highest BCUT2D eigenvalue weighted by atomic mass is 19.4. The number of amides is 1. The maximum Gasteiger partial charge on any atom is 0.433 e. The van der Waals surface area contributed by atoms with Crippen LogP contribution in [0.5, 0.6) is 0 Å². The summed E-state index contributed by atoms with van der Waals surface area (Å²) in [6.07, 6.45) is -3.25. The first kappa shape index (κ1) is 18.4. The number of aromatic nitrogens is 3. The van der Waals surface area contributed by atoms with Crippen LogP contribution >= 0.6 is 0 Å². The molecular formula is C15H15F3N4O3. The Balaban J connectivity index is 2.20. The van der Waals surface area contributed by atoms with Gasteiger partial charge in [0.05, 0.1) is 11.1 Å². The van der Waals surface area contributed by atoms with Gasteiger partial charge in [-0.2, -0.15) is 18.3 Å². The number of hydrogen-bond acceptors (Lipinski definition) is 4. The lowest BCUT2D eigenvalue weighted by Crippen LogP contribution is -2.36. The summed E-state index contributed by atoms with van der Waals surface area (Å²) in [6, 6.07) is 4.72. The molecule has 10 heteroatoms. The van der Waals surface area contributed by atoms with Gasteiger partial charge in [0, 0.05) is 12.3 Å². The third kappa shape index (κ3) is 4.34. The molecular weight excluding hydrogens is 341 g/mol. The third-order valence-corrected chi connectivity index (χ3v) is 3.43. The summed E-state index contributed by atoms with van der Waals surface area (Å²) in [5.74, 6) is -1.64. The molecule has 0 aliphatic rings. The lowest BCUT2D eigenvalue weighted by Gasteiger charge is -2.23. The molecule has 2 aromatic rings. The van der Waals surface area contributed by atoms with Crippen molar-refractivity contribution < 1.29 is 27.9 Å². The molecule has 0 aliphatic heterocycles. The average molecular weight is 356 g/mol. The second-order valence-electron chi connectivity index (χ2n) is 5.78. The molecule has 7 nitrogen and oxygen atoms in total. The van der Waals surface area contributed by atoms with E-state index >= 15 is 0 Å². The number of carboxylic acids is 1. The molecule has 2 rings (SSSR count). The molecule has 0 radical (unpaired) electrons. The number of pyridine rings is 1. The fourth-order valence-corrected chi connectivity index (χ4v) is 1.98. The molecule has 0 unspecified atom stereocenters. The molecule has 0 atom stereocenters. The number of carbonyl (C=O) groups excluding carboxylic acids is 1. The quantitative estimate of drug-likeness (QED) is 0.857. The molecule has 1 amide bonds. The highest BCUT2D eigenvalue weighted by Gasteiger charge is 2.36. The molecule has 0 fully saturated rings. The minimum Gasteiger partial charge on any atom is -0.480 e. The van der Waals surface area contributed by atoms with Crippen molar-refractivity contribution in [1.82, 2.24) is 14.8 Å². The van der Waals surface area contributed by atoms with Crippen LogP contribution in [0.4, 0.5) is 19.0 Å². The molecule has 25 heavy (non-hydrogen) atoms. The zero-order chi connectivity index (χ0) is 18.8. The maximum absolute atomic E-state index is 12.8. The average Bonchev–Trinajstić information content (AvgIpc) is 2.92. The van der Waals surface area contributed by atoms with E-state index < -0.39 is 29.2 Å². The summed E-state index contributed by atoms with van der Waals surface area (Å²) in [5.41, 5.74) is -2.50. The normalized spacial score (nSPS) is 12.0. The molecule has 2 heterocycles. The fourth-order valence-electron chi connectivity index (χ4n) is 1.98. The highest BCUT2D eigenvalue weighted by molar-refractivity contribution is 5.97. The first-order chi connectivity index (χ1) is 11.5. The van der Waals surface area contributed by atoms with Gasteiger partial charge in [0.2, 0.25) is 5.91 Å². The Morgan fingerprint density at radius 3 is 2.44 bits per heavy atom. The van der Waals surface area contributed by atoms with E-state index in [1.165, 1.54) is 38.2 Å². The van der Waals surface area contributed by atoms with Gasteiger partial charge >= 0.3 is 12.1 Å². The molecule has 0 spiro atoms. The molecule has 2 N–H and O–H groups in total. The molecule has 0 saturated heterocycles. The van der Waals surface area contributed by atoms with Gasteiger partial charge in [-0.3, -0.25) is 14.3 Å². The van der Waals surface area contributed by atoms with Gasteiger partial charge in [-0.25, -0.2) is 4.98 Å². The van der Waals surface area contributed by atoms with Crippen LogP contribution in [0, 0.1) is 0 Å². The van der Waals surface area contributed by atoms with Gasteiger partial charge in [0.25, 0.3) is 0 Å². The van der Waals surface area contributed by atoms with Gasteiger partial charge in [-0.05, 0) is 26.0 Å². The molecule has 0 bridgehead atoms. The van der Waals surface area contributed by atoms with Crippen LogP contribution < -0.4 is 5.32 Å². The van der Waals surface area contributed by atoms with E-state index in [2.05, 4.69) is 15.4 Å². The topological polar surface area (TPSA) is 97.1 Å². The Bertz CT molecular complexity index is 799. The van der Waals surface area contributed by atoms with Gasteiger partial charge in [0.1, 0.15) is 12.2 Å². The van der Waals surface area contributed by atoms with E-state index in [9.17, 15) is 22.8 Å². The summed E-state index contributed by atoms with van der Waals surface area (Å²) in [7, 11) is 0. The van der Waals surface area contributed by atoms with E-state index in [1.807, 2.05) is 0 Å². The standard InChI is InChI=1S/C15H15F3N4O3/c1-14(2,9-4-3-5-10(19-9)15(16,17)18)13(25)20-11-6-7-22(21-11)8-12(23)24/h3-7H,8H2,1-2H3,(H,23,24)(H,20,21,25). The number of anilines is 1. The summed E-state index contributed by atoms with van der Waals surface area (Å²) >= 11 is 0. The van der Waals surface area contributed by atoms with Crippen LogP contribution in [0.25, 0.3) is 0 Å². The van der Waals surface area contributed by atoms with Crippen LogP contribution in [-0.2, 0) is 27.7 Å². The molecule has 0 aliphatic carbocycles. The first-order valence-corrected chi connectivity index (χ1v) is 7.11. The smallest absolute Gasteiger partial charge is 0.433 e. The maximum atomic E-state index is 12.8. The lowest BCUT2D eigenvalue weighted by atomic mass is 9.87. The minimum atomic E-state index is -4.61. The van der Waals surface area contributed by atoms with E-state index in [0.717, 1.165) is 10.7 Å². The van der Waals surface area contributed by atoms with E-state index in [0.29, 0.717) is 0 Å². The number of aliphatic carboxylic acids is 1. The Labute approximate surface area is 140 Å². The Morgan fingerprint density at radius 2 is 1.84 bits per heavy atom. The number of halogens is 3.